The second-order valence-electron chi connectivity index (χ2n) is 4.02. The fourth-order valence-corrected chi connectivity index (χ4v) is 2.72. The van der Waals surface area contributed by atoms with Gasteiger partial charge >= 0.3 is 0 Å². The molecule has 0 fully saturated rings. The van der Waals surface area contributed by atoms with Gasteiger partial charge in [0, 0.05) is 25.7 Å². The number of benzene rings is 1. The Morgan fingerprint density at radius 1 is 1.33 bits per heavy atom. The summed E-state index contributed by atoms with van der Waals surface area (Å²) in [5.74, 6) is 0. The van der Waals surface area contributed by atoms with Gasteiger partial charge < -0.3 is 5.32 Å². The van der Waals surface area contributed by atoms with Gasteiger partial charge in [-0.25, -0.2) is 13.4 Å². The van der Waals surface area contributed by atoms with Gasteiger partial charge in [0.15, 0.2) is 0 Å². The average molecular weight is 292 g/mol. The third-order valence-electron chi connectivity index (χ3n) is 2.20. The van der Waals surface area contributed by atoms with Crippen molar-refractivity contribution in [3.05, 3.63) is 28.8 Å². The molecule has 0 aliphatic heterocycles. The van der Waals surface area contributed by atoms with E-state index >= 15 is 0 Å². The first-order valence-corrected chi connectivity index (χ1v) is 7.42. The van der Waals surface area contributed by atoms with Crippen LogP contribution >= 0.6 is 11.6 Å². The molecule has 0 amide bonds. The molecule has 0 saturated heterocycles. The zero-order chi connectivity index (χ0) is 13.8. The second-order valence-corrected chi connectivity index (χ2v) is 6.09. The quantitative estimate of drug-likeness (QED) is 0.773. The molecule has 102 valence electrons. The van der Waals surface area contributed by atoms with Crippen LogP contribution in [0.5, 0.6) is 0 Å². The van der Waals surface area contributed by atoms with Gasteiger partial charge in [-0.3, -0.25) is 0 Å². The third-order valence-corrected chi connectivity index (χ3v) is 4.04. The zero-order valence-corrected chi connectivity index (χ0v) is 12.3. The Labute approximate surface area is 113 Å². The molecule has 0 saturated carbocycles. The fraction of sp³-hybridized carbons (Fsp3) is 0.455. The number of rotatable bonds is 6. The van der Waals surface area contributed by atoms with E-state index in [0.717, 1.165) is 12.1 Å². The van der Waals surface area contributed by atoms with E-state index < -0.39 is 10.0 Å². The highest BCUT2D eigenvalue weighted by atomic mass is 35.5. The molecule has 0 heterocycles. The van der Waals surface area contributed by atoms with Crippen LogP contribution in [0.15, 0.2) is 23.1 Å². The van der Waals surface area contributed by atoms with Crippen molar-refractivity contribution in [1.82, 2.24) is 15.2 Å². The largest absolute Gasteiger partial charge is 0.313 e. The SMILES string of the molecule is CCNCc1cc(S(=O)(=O)NN(C)C)ccc1Cl. The van der Waals surface area contributed by atoms with Crippen LogP contribution in [0.25, 0.3) is 0 Å². The molecule has 0 aliphatic carbocycles. The fourth-order valence-electron chi connectivity index (χ4n) is 1.41. The second kappa shape index (κ2) is 6.49. The summed E-state index contributed by atoms with van der Waals surface area (Å²) in [6.07, 6.45) is 0. The van der Waals surface area contributed by atoms with Gasteiger partial charge in [0.25, 0.3) is 10.0 Å². The summed E-state index contributed by atoms with van der Waals surface area (Å²) in [4.78, 5) is 2.58. The lowest BCUT2D eigenvalue weighted by Gasteiger charge is -2.14. The topological polar surface area (TPSA) is 61.4 Å². The van der Waals surface area contributed by atoms with Crippen molar-refractivity contribution in [2.24, 2.45) is 0 Å². The van der Waals surface area contributed by atoms with Crippen molar-refractivity contribution in [2.75, 3.05) is 20.6 Å². The summed E-state index contributed by atoms with van der Waals surface area (Å²) in [6.45, 7) is 3.31. The van der Waals surface area contributed by atoms with Crippen molar-refractivity contribution < 1.29 is 8.42 Å². The lowest BCUT2D eigenvalue weighted by Crippen LogP contribution is -2.36. The Kier molecular flexibility index (Phi) is 5.55. The highest BCUT2D eigenvalue weighted by Crippen LogP contribution is 2.20. The number of halogens is 1. The van der Waals surface area contributed by atoms with Crippen molar-refractivity contribution in [2.45, 2.75) is 18.4 Å². The number of hydrogen-bond acceptors (Lipinski definition) is 4. The van der Waals surface area contributed by atoms with Crippen molar-refractivity contribution >= 4 is 21.6 Å². The van der Waals surface area contributed by atoms with Gasteiger partial charge in [0.2, 0.25) is 0 Å². The molecule has 0 atom stereocenters. The molecule has 0 radical (unpaired) electrons. The first-order chi connectivity index (χ1) is 8.36. The van der Waals surface area contributed by atoms with Crippen molar-refractivity contribution in [3.8, 4) is 0 Å². The van der Waals surface area contributed by atoms with E-state index in [2.05, 4.69) is 10.1 Å². The standard InChI is InChI=1S/C11H18ClN3O2S/c1-4-13-8-9-7-10(5-6-11(9)12)18(16,17)14-15(2)3/h5-7,13-14H,4,8H2,1-3H3. The number of nitrogens with zero attached hydrogens (tertiary/aromatic N) is 1. The predicted molar refractivity (Wildman–Crippen MR) is 72.8 cm³/mol. The molecule has 1 rings (SSSR count). The van der Waals surface area contributed by atoms with Gasteiger partial charge in [0.1, 0.15) is 0 Å². The summed E-state index contributed by atoms with van der Waals surface area (Å²) in [7, 11) is -0.298. The van der Waals surface area contributed by atoms with E-state index in [1.807, 2.05) is 6.92 Å². The molecule has 0 spiro atoms. The summed E-state index contributed by atoms with van der Waals surface area (Å²) < 4.78 is 23.9. The molecule has 0 unspecified atom stereocenters. The first kappa shape index (κ1) is 15.4. The average Bonchev–Trinajstić information content (AvgIpc) is 2.26. The minimum absolute atomic E-state index is 0.202. The number of hydrazine groups is 1. The van der Waals surface area contributed by atoms with Crippen LogP contribution in [0, 0.1) is 0 Å². The zero-order valence-electron chi connectivity index (χ0n) is 10.7. The van der Waals surface area contributed by atoms with E-state index in [4.69, 9.17) is 11.6 Å². The van der Waals surface area contributed by atoms with Gasteiger partial charge in [-0.15, -0.1) is 4.83 Å². The predicted octanol–water partition coefficient (Wildman–Crippen LogP) is 1.20. The molecule has 0 aromatic heterocycles. The van der Waals surface area contributed by atoms with Crippen molar-refractivity contribution in [3.63, 3.8) is 0 Å². The minimum atomic E-state index is -3.53. The molecule has 7 heteroatoms. The monoisotopic (exact) mass is 291 g/mol. The molecule has 0 bridgehead atoms. The Morgan fingerprint density at radius 3 is 2.56 bits per heavy atom. The van der Waals surface area contributed by atoms with E-state index in [-0.39, 0.29) is 4.90 Å². The van der Waals surface area contributed by atoms with E-state index in [0.29, 0.717) is 11.6 Å². The van der Waals surface area contributed by atoms with Gasteiger partial charge in [-0.05, 0) is 30.3 Å². The van der Waals surface area contributed by atoms with Crippen LogP contribution in [0.4, 0.5) is 0 Å². The molecule has 2 N–H and O–H groups in total. The molecule has 1 aromatic rings. The maximum Gasteiger partial charge on any atom is 0.253 e. The van der Waals surface area contributed by atoms with Crippen LogP contribution in [0.1, 0.15) is 12.5 Å². The Bertz CT molecular complexity index is 503. The van der Waals surface area contributed by atoms with Crippen LogP contribution in [0.3, 0.4) is 0 Å². The van der Waals surface area contributed by atoms with Crippen LogP contribution < -0.4 is 10.1 Å². The van der Waals surface area contributed by atoms with Crippen LogP contribution in [-0.2, 0) is 16.6 Å². The highest BCUT2D eigenvalue weighted by molar-refractivity contribution is 7.89. The summed E-state index contributed by atoms with van der Waals surface area (Å²) in [6, 6.07) is 4.67. The number of nitrogens with one attached hydrogen (secondary N) is 2. The third kappa shape index (κ3) is 4.22. The molecule has 18 heavy (non-hydrogen) atoms. The lowest BCUT2D eigenvalue weighted by molar-refractivity contribution is 0.364. The molecule has 1 aromatic carbocycles. The van der Waals surface area contributed by atoms with Gasteiger partial charge in [0.05, 0.1) is 4.90 Å². The maximum atomic E-state index is 12.0. The molecule has 0 aliphatic rings. The number of sulfonamides is 1. The normalized spacial score (nSPS) is 12.1. The summed E-state index contributed by atoms with van der Waals surface area (Å²) >= 11 is 6.02. The van der Waals surface area contributed by atoms with Crippen LogP contribution in [-0.4, -0.2) is 34.1 Å². The maximum absolute atomic E-state index is 12.0. The lowest BCUT2D eigenvalue weighted by atomic mass is 10.2. The van der Waals surface area contributed by atoms with Gasteiger partial charge in [-0.1, -0.05) is 18.5 Å². The molecular formula is C11H18ClN3O2S. The first-order valence-electron chi connectivity index (χ1n) is 5.55. The van der Waals surface area contributed by atoms with E-state index in [1.165, 1.54) is 11.1 Å². The van der Waals surface area contributed by atoms with Crippen LogP contribution in [0.2, 0.25) is 5.02 Å². The summed E-state index contributed by atoms with van der Waals surface area (Å²) in [5, 5.41) is 5.05. The molecule has 5 nitrogen and oxygen atoms in total. The Morgan fingerprint density at radius 2 is 2.00 bits per heavy atom. The van der Waals surface area contributed by atoms with Crippen molar-refractivity contribution in [1.29, 1.82) is 0 Å². The Balaban J connectivity index is 3.04. The van der Waals surface area contributed by atoms with E-state index in [1.54, 1.807) is 26.2 Å². The summed E-state index contributed by atoms with van der Waals surface area (Å²) in [5.41, 5.74) is 0.764. The minimum Gasteiger partial charge on any atom is -0.313 e. The highest BCUT2D eigenvalue weighted by Gasteiger charge is 2.16. The number of hydrogen-bond donors (Lipinski definition) is 2. The Hall–Kier alpha value is -0.660. The molecular weight excluding hydrogens is 274 g/mol. The van der Waals surface area contributed by atoms with E-state index in [9.17, 15) is 8.42 Å². The van der Waals surface area contributed by atoms with Gasteiger partial charge in [-0.2, -0.15) is 0 Å². The smallest absolute Gasteiger partial charge is 0.253 e.